The summed E-state index contributed by atoms with van der Waals surface area (Å²) in [5.41, 5.74) is 10.2. The van der Waals surface area contributed by atoms with E-state index in [4.69, 9.17) is 30.5 Å². The van der Waals surface area contributed by atoms with Gasteiger partial charge in [0.2, 0.25) is 17.7 Å². The first-order valence-electron chi connectivity index (χ1n) is 20.3. The van der Waals surface area contributed by atoms with Crippen LogP contribution in [0.3, 0.4) is 0 Å². The van der Waals surface area contributed by atoms with Crippen molar-refractivity contribution >= 4 is 91.9 Å². The van der Waals surface area contributed by atoms with Gasteiger partial charge in [0, 0.05) is 57.5 Å². The van der Waals surface area contributed by atoms with Gasteiger partial charge in [-0.25, -0.2) is 14.5 Å². The molecule has 4 aromatic heterocycles. The predicted octanol–water partition coefficient (Wildman–Crippen LogP) is 10.2. The summed E-state index contributed by atoms with van der Waals surface area (Å²) in [4.78, 5) is 28.9. The van der Waals surface area contributed by atoms with Crippen LogP contribution >= 0.6 is 11.8 Å². The second kappa shape index (κ2) is 17.1. The molecule has 13 nitrogen and oxygen atoms in total. The van der Waals surface area contributed by atoms with Crippen LogP contribution in [-0.4, -0.2) is 65.6 Å². The maximum absolute atomic E-state index is 9.03. The van der Waals surface area contributed by atoms with Crippen molar-refractivity contribution in [2.75, 3.05) is 30.0 Å². The molecule has 0 spiro atoms. The molecule has 0 saturated heterocycles. The van der Waals surface area contributed by atoms with Gasteiger partial charge in [0.25, 0.3) is 11.4 Å². The van der Waals surface area contributed by atoms with Gasteiger partial charge in [0.15, 0.2) is 17.5 Å². The molecule has 8 aromatic rings. The smallest absolute Gasteiger partial charge is 0.270 e. The fourth-order valence-corrected chi connectivity index (χ4v) is 8.89. The van der Waals surface area contributed by atoms with Crippen LogP contribution in [0.5, 0.6) is 0 Å². The summed E-state index contributed by atoms with van der Waals surface area (Å²) in [7, 11) is 4.04. The lowest BCUT2D eigenvalue weighted by atomic mass is 10.1. The van der Waals surface area contributed by atoms with Gasteiger partial charge in [-0.3, -0.25) is 9.97 Å². The van der Waals surface area contributed by atoms with E-state index in [9.17, 15) is 0 Å². The van der Waals surface area contributed by atoms with E-state index >= 15 is 0 Å². The number of pyridine rings is 2. The van der Waals surface area contributed by atoms with Gasteiger partial charge in [-0.1, -0.05) is 23.9 Å². The van der Waals surface area contributed by atoms with Gasteiger partial charge in [-0.15, -0.1) is 0 Å². The third kappa shape index (κ3) is 8.23. The standard InChI is InChI=1S/C25H22N7.C24H19N6S/c1-15-4-9-21(20-13-27-11-10-19(15)20)29-24-23-22(16(2)14-32(23)3)30-25(31-24)28-18-7-5-17(12-26)6-8-18;1-15-3-8-21(19-14-26-11-9-18(15)19)31-23-22-20(10-12-30(22)2)28-24(29-23)27-17-6-4-16(13-25)5-7-17/h4-11,13-14,16H,1-3H3,(H2,28,29,30,31);3-9,11-12,14H,10H2,1-2H3,(H,27,28,29)/q2*+1. The number of aromatic nitrogens is 6. The number of aryl methyl sites for hydroxylation is 2. The molecular weight excluding hydrogens is 803 g/mol. The minimum atomic E-state index is 0.163. The molecule has 3 N–H and O–H groups in total. The second-order valence-corrected chi connectivity index (χ2v) is 16.4. The monoisotopic (exact) mass is 843 g/mol. The summed E-state index contributed by atoms with van der Waals surface area (Å²) >= 11 is 1.63. The molecule has 6 heterocycles. The van der Waals surface area contributed by atoms with Crippen LogP contribution in [0.15, 0.2) is 120 Å². The van der Waals surface area contributed by atoms with E-state index in [2.05, 4.69) is 111 Å². The van der Waals surface area contributed by atoms with E-state index in [1.165, 1.54) is 16.5 Å². The number of benzene rings is 4. The lowest BCUT2D eigenvalue weighted by Gasteiger charge is -2.14. The Bertz CT molecular complexity index is 3240. The second-order valence-electron chi connectivity index (χ2n) is 15.3. The molecule has 10 rings (SSSR count). The molecule has 0 aliphatic carbocycles. The van der Waals surface area contributed by atoms with Gasteiger partial charge in [0.05, 0.1) is 35.6 Å². The summed E-state index contributed by atoms with van der Waals surface area (Å²) in [6.07, 6.45) is 12.4. The normalized spacial score (nSPS) is 13.5. The molecule has 4 aromatic carbocycles. The molecule has 0 bridgehead atoms. The number of anilines is 6. The number of rotatable bonds is 8. The zero-order valence-electron chi connectivity index (χ0n) is 35.2. The Labute approximate surface area is 368 Å². The Morgan fingerprint density at radius 2 is 1.24 bits per heavy atom. The Kier molecular flexibility index (Phi) is 11.0. The molecule has 0 saturated carbocycles. The molecule has 2 aliphatic rings. The van der Waals surface area contributed by atoms with Crippen LogP contribution in [-0.2, 0) is 6.42 Å². The molecule has 1 unspecified atom stereocenters. The topological polar surface area (TPSA) is 167 Å². The number of nitriles is 2. The van der Waals surface area contributed by atoms with E-state index in [0.29, 0.717) is 23.0 Å². The zero-order valence-corrected chi connectivity index (χ0v) is 36.0. The van der Waals surface area contributed by atoms with Crippen LogP contribution in [0.4, 0.5) is 46.2 Å². The van der Waals surface area contributed by atoms with Gasteiger partial charge in [0.1, 0.15) is 25.5 Å². The van der Waals surface area contributed by atoms with Crippen molar-refractivity contribution in [1.82, 2.24) is 29.9 Å². The van der Waals surface area contributed by atoms with Crippen molar-refractivity contribution in [2.45, 2.75) is 43.0 Å². The van der Waals surface area contributed by atoms with Crippen molar-refractivity contribution in [3.63, 3.8) is 0 Å². The SMILES string of the molecule is Cc1ccc(Nc2nc(Nc3ccc(C#N)cc3)nc3c2[N+](C)=CC3C)c2cnccc12.Cc1ccc(Sc2nc(Nc3ccc(C#N)cc3)nc3c2[N+](C)=CC3)c2cnccc12. The Morgan fingerprint density at radius 1 is 0.635 bits per heavy atom. The van der Waals surface area contributed by atoms with E-state index in [-0.39, 0.29) is 5.92 Å². The molecular formula is C49H41N13S+2. The molecule has 1 atom stereocenters. The van der Waals surface area contributed by atoms with Gasteiger partial charge >= 0.3 is 0 Å². The van der Waals surface area contributed by atoms with Crippen LogP contribution in [0.25, 0.3) is 21.5 Å². The third-order valence-corrected chi connectivity index (χ3v) is 12.1. The Morgan fingerprint density at radius 3 is 1.89 bits per heavy atom. The molecule has 0 amide bonds. The average Bonchev–Trinajstić information content (AvgIpc) is 3.83. The first-order valence-corrected chi connectivity index (χ1v) is 21.1. The lowest BCUT2D eigenvalue weighted by molar-refractivity contribution is -0.399. The van der Waals surface area contributed by atoms with Crippen molar-refractivity contribution in [2.24, 2.45) is 0 Å². The highest BCUT2D eigenvalue weighted by Gasteiger charge is 2.33. The van der Waals surface area contributed by atoms with Gasteiger partial charge < -0.3 is 16.0 Å². The maximum atomic E-state index is 9.03. The molecule has 0 fully saturated rings. The number of nitrogens with zero attached hydrogens (tertiary/aromatic N) is 10. The fourth-order valence-electron chi connectivity index (χ4n) is 7.78. The summed E-state index contributed by atoms with van der Waals surface area (Å²) in [5.74, 6) is 1.94. The number of hydrogen-bond donors (Lipinski definition) is 3. The zero-order chi connectivity index (χ0) is 43.6. The lowest BCUT2D eigenvalue weighted by Crippen LogP contribution is -2.07. The first kappa shape index (κ1) is 40.3. The quantitative estimate of drug-likeness (QED) is 0.0980. The average molecular weight is 844 g/mol. The molecule has 14 heteroatoms. The van der Waals surface area contributed by atoms with Gasteiger partial charge in [-0.05, 0) is 115 Å². The van der Waals surface area contributed by atoms with Gasteiger partial charge in [-0.2, -0.15) is 25.1 Å². The van der Waals surface area contributed by atoms with Crippen LogP contribution in [0.2, 0.25) is 0 Å². The molecule has 63 heavy (non-hydrogen) atoms. The summed E-state index contributed by atoms with van der Waals surface area (Å²) in [6.45, 7) is 6.33. The Balaban J connectivity index is 0.000000160. The molecule has 0 radical (unpaired) electrons. The van der Waals surface area contributed by atoms with E-state index < -0.39 is 0 Å². The minimum Gasteiger partial charge on any atom is -0.334 e. The van der Waals surface area contributed by atoms with Crippen molar-refractivity contribution in [3.05, 3.63) is 143 Å². The highest BCUT2D eigenvalue weighted by Crippen LogP contribution is 2.41. The number of nitrogens with one attached hydrogen (secondary N) is 3. The molecule has 2 aliphatic heterocycles. The van der Waals surface area contributed by atoms with Crippen LogP contribution in [0.1, 0.15) is 46.5 Å². The van der Waals surface area contributed by atoms with E-state index in [1.807, 2.05) is 69.2 Å². The molecule has 306 valence electrons. The van der Waals surface area contributed by atoms with Crippen LogP contribution < -0.4 is 16.0 Å². The summed E-state index contributed by atoms with van der Waals surface area (Å²) in [5, 5.41) is 33.5. The van der Waals surface area contributed by atoms with Crippen molar-refractivity contribution < 1.29 is 9.15 Å². The highest BCUT2D eigenvalue weighted by molar-refractivity contribution is 7.99. The summed E-state index contributed by atoms with van der Waals surface area (Å²) < 4.78 is 4.17. The van der Waals surface area contributed by atoms with E-state index in [1.54, 1.807) is 36.0 Å². The Hall–Kier alpha value is -8.07. The highest BCUT2D eigenvalue weighted by atomic mass is 32.2. The largest absolute Gasteiger partial charge is 0.334 e. The van der Waals surface area contributed by atoms with Crippen LogP contribution in [0, 0.1) is 36.5 Å². The minimum absolute atomic E-state index is 0.163. The number of fused-ring (bicyclic) bond motifs is 4. The fraction of sp³-hybridized carbons (Fsp3) is 0.143. The van der Waals surface area contributed by atoms with Crippen molar-refractivity contribution in [3.8, 4) is 12.1 Å². The number of hydrogen-bond acceptors (Lipinski definition) is 12. The maximum Gasteiger partial charge on any atom is 0.270 e. The van der Waals surface area contributed by atoms with Crippen molar-refractivity contribution in [1.29, 1.82) is 10.5 Å². The third-order valence-electron chi connectivity index (χ3n) is 11.0. The van der Waals surface area contributed by atoms with E-state index in [0.717, 1.165) is 78.1 Å². The first-order chi connectivity index (χ1) is 30.6. The predicted molar refractivity (Wildman–Crippen MR) is 249 cm³/mol. The summed E-state index contributed by atoms with van der Waals surface area (Å²) in [6, 6.07) is 31.3.